The molecule has 0 saturated heterocycles. The lowest BCUT2D eigenvalue weighted by Gasteiger charge is -2.09. The molecule has 0 fully saturated rings. The van der Waals surface area contributed by atoms with Crippen LogP contribution in [0.3, 0.4) is 0 Å². The van der Waals surface area contributed by atoms with Crippen molar-refractivity contribution in [2.24, 2.45) is 0 Å². The average molecular weight is 193 g/mol. The summed E-state index contributed by atoms with van der Waals surface area (Å²) in [7, 11) is 0. The number of rotatable bonds is 3. The monoisotopic (exact) mass is 193 g/mol. The van der Waals surface area contributed by atoms with Crippen molar-refractivity contribution >= 4 is 5.97 Å². The molecule has 1 heterocycles. The van der Waals surface area contributed by atoms with Gasteiger partial charge in [-0.3, -0.25) is 9.78 Å². The third-order valence-corrected chi connectivity index (χ3v) is 2.29. The lowest BCUT2D eigenvalue weighted by Crippen LogP contribution is -2.09. The van der Waals surface area contributed by atoms with Crippen LogP contribution in [-0.4, -0.2) is 16.1 Å². The number of aromatic nitrogens is 1. The normalized spacial score (nSPS) is 12.9. The van der Waals surface area contributed by atoms with Crippen molar-refractivity contribution in [1.82, 2.24) is 4.98 Å². The van der Waals surface area contributed by atoms with Crippen LogP contribution in [0.25, 0.3) is 0 Å². The lowest BCUT2D eigenvalue weighted by atomic mass is 10.00. The molecule has 0 aliphatic carbocycles. The van der Waals surface area contributed by atoms with Crippen molar-refractivity contribution < 1.29 is 9.90 Å². The van der Waals surface area contributed by atoms with Gasteiger partial charge in [-0.1, -0.05) is 13.8 Å². The molecule has 0 aliphatic rings. The molecule has 1 aromatic rings. The van der Waals surface area contributed by atoms with Crippen LogP contribution < -0.4 is 0 Å². The van der Waals surface area contributed by atoms with Crippen LogP contribution in [0.2, 0.25) is 0 Å². The first-order chi connectivity index (χ1) is 6.52. The molecule has 0 spiro atoms. The molecule has 0 saturated carbocycles. The Labute approximate surface area is 83.8 Å². The number of pyridine rings is 1. The van der Waals surface area contributed by atoms with E-state index < -0.39 is 11.9 Å². The number of nitrogens with zero attached hydrogens (tertiary/aromatic N) is 1. The van der Waals surface area contributed by atoms with Gasteiger partial charge in [-0.2, -0.15) is 0 Å². The molecule has 1 aromatic heterocycles. The lowest BCUT2D eigenvalue weighted by molar-refractivity contribution is -0.138. The first kappa shape index (κ1) is 10.7. The number of hydrogen-bond acceptors (Lipinski definition) is 2. The Bertz CT molecular complexity index is 334. The van der Waals surface area contributed by atoms with Gasteiger partial charge in [0.1, 0.15) is 0 Å². The van der Waals surface area contributed by atoms with Crippen LogP contribution in [-0.2, 0) is 4.79 Å². The highest BCUT2D eigenvalue weighted by Crippen LogP contribution is 2.18. The van der Waals surface area contributed by atoms with Crippen molar-refractivity contribution in [2.75, 3.05) is 0 Å². The molecule has 1 unspecified atom stereocenters. The highest BCUT2D eigenvalue weighted by atomic mass is 16.4. The van der Waals surface area contributed by atoms with Crippen molar-refractivity contribution in [3.63, 3.8) is 0 Å². The van der Waals surface area contributed by atoms with E-state index in [4.69, 9.17) is 5.11 Å². The highest BCUT2D eigenvalue weighted by molar-refractivity contribution is 5.74. The largest absolute Gasteiger partial charge is 0.481 e. The van der Waals surface area contributed by atoms with Crippen molar-refractivity contribution in [2.45, 2.75) is 32.6 Å². The Morgan fingerprint density at radius 1 is 1.43 bits per heavy atom. The van der Waals surface area contributed by atoms with E-state index in [1.807, 2.05) is 12.1 Å². The highest BCUT2D eigenvalue weighted by Gasteiger charge is 2.15. The molecule has 1 rings (SSSR count). The zero-order valence-corrected chi connectivity index (χ0v) is 8.69. The minimum atomic E-state index is -0.835. The van der Waals surface area contributed by atoms with E-state index in [-0.39, 0.29) is 0 Å². The van der Waals surface area contributed by atoms with Gasteiger partial charge in [0, 0.05) is 6.20 Å². The first-order valence-corrected chi connectivity index (χ1v) is 4.71. The fourth-order valence-electron chi connectivity index (χ4n) is 1.19. The second-order valence-electron chi connectivity index (χ2n) is 3.73. The molecule has 14 heavy (non-hydrogen) atoms. The van der Waals surface area contributed by atoms with Gasteiger partial charge in [-0.25, -0.2) is 0 Å². The maximum atomic E-state index is 10.7. The Kier molecular flexibility index (Phi) is 3.23. The summed E-state index contributed by atoms with van der Waals surface area (Å²) in [5.74, 6) is -0.968. The fourth-order valence-corrected chi connectivity index (χ4v) is 1.19. The van der Waals surface area contributed by atoms with Gasteiger partial charge in [0.25, 0.3) is 0 Å². The van der Waals surface area contributed by atoms with Crippen LogP contribution in [0.4, 0.5) is 0 Å². The molecule has 0 aliphatic heterocycles. The van der Waals surface area contributed by atoms with Crippen molar-refractivity contribution in [3.05, 3.63) is 29.6 Å². The maximum Gasteiger partial charge on any atom is 0.312 e. The minimum absolute atomic E-state index is 0.401. The minimum Gasteiger partial charge on any atom is -0.481 e. The summed E-state index contributed by atoms with van der Waals surface area (Å²) < 4.78 is 0. The fraction of sp³-hybridized carbons (Fsp3) is 0.455. The van der Waals surface area contributed by atoms with Crippen LogP contribution in [0.5, 0.6) is 0 Å². The molecule has 1 N–H and O–H groups in total. The summed E-state index contributed by atoms with van der Waals surface area (Å²) in [6, 6.07) is 3.78. The van der Waals surface area contributed by atoms with Crippen LogP contribution in [0.15, 0.2) is 18.3 Å². The van der Waals surface area contributed by atoms with Crippen LogP contribution in [0, 0.1) is 0 Å². The molecule has 0 bridgehead atoms. The molecular weight excluding hydrogens is 178 g/mol. The summed E-state index contributed by atoms with van der Waals surface area (Å²) in [6.07, 6.45) is 1.67. The zero-order valence-electron chi connectivity index (χ0n) is 8.69. The molecule has 0 amide bonds. The number of carboxylic acid groups (broad SMARTS) is 1. The van der Waals surface area contributed by atoms with Gasteiger partial charge >= 0.3 is 5.97 Å². The van der Waals surface area contributed by atoms with Gasteiger partial charge in [0.15, 0.2) is 0 Å². The van der Waals surface area contributed by atoms with E-state index in [1.54, 1.807) is 13.1 Å². The van der Waals surface area contributed by atoms with Gasteiger partial charge in [-0.15, -0.1) is 0 Å². The topological polar surface area (TPSA) is 50.2 Å². The van der Waals surface area contributed by atoms with Gasteiger partial charge < -0.3 is 5.11 Å². The summed E-state index contributed by atoms with van der Waals surface area (Å²) in [6.45, 7) is 5.80. The van der Waals surface area contributed by atoms with Crippen molar-refractivity contribution in [3.8, 4) is 0 Å². The third kappa shape index (κ3) is 2.31. The first-order valence-electron chi connectivity index (χ1n) is 4.71. The Morgan fingerprint density at radius 3 is 2.57 bits per heavy atom. The Balaban J connectivity index is 2.99. The quantitative estimate of drug-likeness (QED) is 0.801. The van der Waals surface area contributed by atoms with Crippen LogP contribution in [0.1, 0.15) is 43.9 Å². The van der Waals surface area contributed by atoms with Crippen molar-refractivity contribution in [1.29, 1.82) is 0 Å². The van der Waals surface area contributed by atoms with Gasteiger partial charge in [-0.05, 0) is 30.5 Å². The average Bonchev–Trinajstić information content (AvgIpc) is 2.16. The number of aliphatic carboxylic acids is 1. The molecular formula is C11H15NO2. The Morgan fingerprint density at radius 2 is 2.07 bits per heavy atom. The summed E-state index contributed by atoms with van der Waals surface area (Å²) >= 11 is 0. The molecule has 76 valence electrons. The smallest absolute Gasteiger partial charge is 0.312 e. The van der Waals surface area contributed by atoms with E-state index in [1.165, 1.54) is 0 Å². The predicted molar refractivity (Wildman–Crippen MR) is 54.4 cm³/mol. The van der Waals surface area contributed by atoms with Crippen LogP contribution >= 0.6 is 0 Å². The van der Waals surface area contributed by atoms with E-state index in [9.17, 15) is 4.79 Å². The second-order valence-corrected chi connectivity index (χ2v) is 3.73. The predicted octanol–water partition coefficient (Wildman–Crippen LogP) is 2.39. The number of hydrogen-bond donors (Lipinski definition) is 1. The molecule has 3 heteroatoms. The second kappa shape index (κ2) is 4.22. The zero-order chi connectivity index (χ0) is 10.7. The van der Waals surface area contributed by atoms with Gasteiger partial charge in [0.2, 0.25) is 0 Å². The Hall–Kier alpha value is -1.38. The molecule has 1 atom stereocenters. The summed E-state index contributed by atoms with van der Waals surface area (Å²) in [5.41, 5.74) is 1.76. The summed E-state index contributed by atoms with van der Waals surface area (Å²) in [4.78, 5) is 14.8. The van der Waals surface area contributed by atoms with E-state index >= 15 is 0 Å². The standard InChI is InChI=1S/C11H15NO2/c1-7(2)9-4-5-12-10(6-9)8(3)11(13)14/h4-8H,1-3H3,(H,13,14). The maximum absolute atomic E-state index is 10.7. The molecule has 0 radical (unpaired) electrons. The summed E-state index contributed by atoms with van der Waals surface area (Å²) in [5, 5.41) is 8.82. The SMILES string of the molecule is CC(C)c1ccnc(C(C)C(=O)O)c1. The number of carboxylic acids is 1. The van der Waals surface area contributed by atoms with E-state index in [2.05, 4.69) is 18.8 Å². The molecule has 0 aromatic carbocycles. The number of carbonyl (C=O) groups is 1. The van der Waals surface area contributed by atoms with E-state index in [0.29, 0.717) is 11.6 Å². The molecule has 3 nitrogen and oxygen atoms in total. The van der Waals surface area contributed by atoms with Gasteiger partial charge in [0.05, 0.1) is 11.6 Å². The third-order valence-electron chi connectivity index (χ3n) is 2.29. The van der Waals surface area contributed by atoms with E-state index in [0.717, 1.165) is 5.56 Å².